The van der Waals surface area contributed by atoms with E-state index in [0.717, 1.165) is 42.4 Å². The molecule has 1 fully saturated rings. The Hall–Kier alpha value is -3.65. The molecule has 41 heavy (non-hydrogen) atoms. The Labute approximate surface area is 244 Å². The summed E-state index contributed by atoms with van der Waals surface area (Å²) in [6, 6.07) is 22.5. The maximum absolute atomic E-state index is 14.2. The van der Waals surface area contributed by atoms with Crippen molar-refractivity contribution in [3.8, 4) is 0 Å². The van der Waals surface area contributed by atoms with Crippen LogP contribution in [-0.4, -0.2) is 43.8 Å². The molecule has 0 spiro atoms. The number of anilines is 1. The number of amides is 2. The van der Waals surface area contributed by atoms with Gasteiger partial charge in [-0.25, -0.2) is 8.42 Å². The summed E-state index contributed by atoms with van der Waals surface area (Å²) in [5.41, 5.74) is 3.23. The molecular weight excluding hydrogens is 534 g/mol. The zero-order valence-corrected chi connectivity index (χ0v) is 25.1. The molecule has 4 rings (SSSR count). The Bertz CT molecular complexity index is 1420. The standard InChI is InChI=1S/C33H41N3O4S/c1-4-28-13-11-12-18-31(28)36(41(39,40)30-16-9-6-10-17-30)24-32(37)35(23-27-21-19-25(2)20-22-27)26(3)33(38)34-29-14-7-5-8-15-29/h6,9-13,16-22,26,29H,4-5,7-8,14-15,23-24H2,1-3H3,(H,34,38). The van der Waals surface area contributed by atoms with E-state index in [0.29, 0.717) is 12.1 Å². The van der Waals surface area contributed by atoms with E-state index in [1.165, 1.54) is 27.8 Å². The van der Waals surface area contributed by atoms with Crippen LogP contribution in [0.5, 0.6) is 0 Å². The summed E-state index contributed by atoms with van der Waals surface area (Å²) in [5.74, 6) is -0.661. The predicted molar refractivity (Wildman–Crippen MR) is 163 cm³/mol. The van der Waals surface area contributed by atoms with Crippen molar-refractivity contribution in [3.63, 3.8) is 0 Å². The number of carbonyl (C=O) groups excluding carboxylic acids is 2. The molecule has 1 N–H and O–H groups in total. The van der Waals surface area contributed by atoms with Crippen molar-refractivity contribution in [1.29, 1.82) is 0 Å². The molecule has 1 aliphatic carbocycles. The SMILES string of the molecule is CCc1ccccc1N(CC(=O)N(Cc1ccc(C)cc1)C(C)C(=O)NC1CCCCC1)S(=O)(=O)c1ccccc1. The molecule has 3 aromatic rings. The van der Waals surface area contributed by atoms with Crippen molar-refractivity contribution in [2.75, 3.05) is 10.8 Å². The first-order valence-corrected chi connectivity index (χ1v) is 16.0. The number of hydrogen-bond acceptors (Lipinski definition) is 4. The monoisotopic (exact) mass is 575 g/mol. The number of hydrogen-bond donors (Lipinski definition) is 1. The summed E-state index contributed by atoms with van der Waals surface area (Å²) in [6.07, 6.45) is 5.79. The summed E-state index contributed by atoms with van der Waals surface area (Å²) in [4.78, 5) is 29.2. The maximum atomic E-state index is 14.2. The topological polar surface area (TPSA) is 86.8 Å². The van der Waals surface area contributed by atoms with Crippen molar-refractivity contribution >= 4 is 27.5 Å². The van der Waals surface area contributed by atoms with Crippen LogP contribution in [0.1, 0.15) is 62.6 Å². The molecule has 0 heterocycles. The highest BCUT2D eigenvalue weighted by molar-refractivity contribution is 7.92. The first-order chi connectivity index (χ1) is 19.7. The predicted octanol–water partition coefficient (Wildman–Crippen LogP) is 5.62. The van der Waals surface area contributed by atoms with Gasteiger partial charge in [0.1, 0.15) is 12.6 Å². The number of rotatable bonds is 11. The van der Waals surface area contributed by atoms with Crippen LogP contribution < -0.4 is 9.62 Å². The largest absolute Gasteiger partial charge is 0.352 e. The van der Waals surface area contributed by atoms with Crippen molar-refractivity contribution in [2.24, 2.45) is 0 Å². The molecule has 1 aliphatic rings. The Morgan fingerprint density at radius 3 is 2.20 bits per heavy atom. The molecule has 0 bridgehead atoms. The van der Waals surface area contributed by atoms with E-state index in [2.05, 4.69) is 5.32 Å². The molecule has 8 heteroatoms. The second-order valence-corrected chi connectivity index (χ2v) is 12.7. The summed E-state index contributed by atoms with van der Waals surface area (Å²) in [6.45, 7) is 5.42. The van der Waals surface area contributed by atoms with Gasteiger partial charge in [-0.15, -0.1) is 0 Å². The molecule has 0 saturated heterocycles. The fourth-order valence-electron chi connectivity index (χ4n) is 5.33. The van der Waals surface area contributed by atoms with Crippen LogP contribution in [0.3, 0.4) is 0 Å². The van der Waals surface area contributed by atoms with Crippen molar-refractivity contribution in [2.45, 2.75) is 82.8 Å². The maximum Gasteiger partial charge on any atom is 0.264 e. The highest BCUT2D eigenvalue weighted by atomic mass is 32.2. The lowest BCUT2D eigenvalue weighted by molar-refractivity contribution is -0.139. The fraction of sp³-hybridized carbons (Fsp3) is 0.394. The van der Waals surface area contributed by atoms with Crippen molar-refractivity contribution in [3.05, 3.63) is 95.6 Å². The molecule has 1 unspecified atom stereocenters. The van der Waals surface area contributed by atoms with Crippen LogP contribution in [0.25, 0.3) is 0 Å². The molecule has 0 aliphatic heterocycles. The lowest BCUT2D eigenvalue weighted by Gasteiger charge is -2.33. The number of carbonyl (C=O) groups is 2. The second kappa shape index (κ2) is 13.8. The minimum atomic E-state index is -4.08. The molecule has 2 amide bonds. The Morgan fingerprint density at radius 2 is 1.54 bits per heavy atom. The number of benzene rings is 3. The third-order valence-electron chi connectivity index (χ3n) is 7.84. The molecule has 1 atom stereocenters. The summed E-state index contributed by atoms with van der Waals surface area (Å²) < 4.78 is 29.2. The van der Waals surface area contributed by atoms with Gasteiger partial charge in [0.15, 0.2) is 0 Å². The molecule has 1 saturated carbocycles. The van der Waals surface area contributed by atoms with Crippen LogP contribution in [0.2, 0.25) is 0 Å². The number of aryl methyl sites for hydroxylation is 2. The molecular formula is C33H41N3O4S. The number of nitrogens with zero attached hydrogens (tertiary/aromatic N) is 2. The molecule has 3 aromatic carbocycles. The number of sulfonamides is 1. The van der Waals surface area contributed by atoms with Crippen LogP contribution in [0.15, 0.2) is 83.8 Å². The smallest absolute Gasteiger partial charge is 0.264 e. The molecule has 0 aromatic heterocycles. The summed E-state index contributed by atoms with van der Waals surface area (Å²) in [5, 5.41) is 3.14. The first kappa shape index (κ1) is 30.3. The van der Waals surface area contributed by atoms with Gasteiger partial charge in [-0.3, -0.25) is 13.9 Å². The van der Waals surface area contributed by atoms with E-state index in [9.17, 15) is 18.0 Å². The van der Waals surface area contributed by atoms with Gasteiger partial charge >= 0.3 is 0 Å². The highest BCUT2D eigenvalue weighted by Crippen LogP contribution is 2.28. The van der Waals surface area contributed by atoms with Gasteiger partial charge in [0.25, 0.3) is 10.0 Å². The van der Waals surface area contributed by atoms with Gasteiger partial charge in [0.2, 0.25) is 11.8 Å². The van der Waals surface area contributed by atoms with Crippen LogP contribution in [-0.2, 0) is 32.6 Å². The minimum absolute atomic E-state index is 0.0985. The summed E-state index contributed by atoms with van der Waals surface area (Å²) >= 11 is 0. The van der Waals surface area contributed by atoms with E-state index in [4.69, 9.17) is 0 Å². The van der Waals surface area contributed by atoms with Crippen molar-refractivity contribution in [1.82, 2.24) is 10.2 Å². The zero-order chi connectivity index (χ0) is 29.4. The normalized spacial score (nSPS) is 14.7. The Kier molecular flexibility index (Phi) is 10.2. The summed E-state index contributed by atoms with van der Waals surface area (Å²) in [7, 11) is -4.08. The van der Waals surface area contributed by atoms with E-state index < -0.39 is 28.5 Å². The lowest BCUT2D eigenvalue weighted by Crippen LogP contribution is -2.53. The fourth-order valence-corrected chi connectivity index (χ4v) is 6.80. The number of nitrogens with one attached hydrogen (secondary N) is 1. The molecule has 7 nitrogen and oxygen atoms in total. The van der Waals surface area contributed by atoms with Crippen molar-refractivity contribution < 1.29 is 18.0 Å². The molecule has 218 valence electrons. The Balaban J connectivity index is 1.69. The highest BCUT2D eigenvalue weighted by Gasteiger charge is 2.33. The van der Waals surface area contributed by atoms with E-state index >= 15 is 0 Å². The number of para-hydroxylation sites is 1. The van der Waals surface area contributed by atoms with Gasteiger partial charge in [-0.1, -0.05) is 92.4 Å². The van der Waals surface area contributed by atoms with E-state index in [-0.39, 0.29) is 23.4 Å². The molecule has 0 radical (unpaired) electrons. The third kappa shape index (κ3) is 7.55. The van der Waals surface area contributed by atoms with Gasteiger partial charge in [0, 0.05) is 12.6 Å². The Morgan fingerprint density at radius 1 is 0.902 bits per heavy atom. The lowest BCUT2D eigenvalue weighted by atomic mass is 9.95. The van der Waals surface area contributed by atoms with Crippen LogP contribution >= 0.6 is 0 Å². The second-order valence-electron chi connectivity index (χ2n) is 10.8. The van der Waals surface area contributed by atoms with Gasteiger partial charge in [-0.05, 0) is 62.4 Å². The van der Waals surface area contributed by atoms with Gasteiger partial charge < -0.3 is 10.2 Å². The minimum Gasteiger partial charge on any atom is -0.352 e. The average Bonchev–Trinajstić information content (AvgIpc) is 3.00. The third-order valence-corrected chi connectivity index (χ3v) is 9.62. The average molecular weight is 576 g/mol. The zero-order valence-electron chi connectivity index (χ0n) is 24.3. The van der Waals surface area contributed by atoms with Gasteiger partial charge in [-0.2, -0.15) is 0 Å². The van der Waals surface area contributed by atoms with Crippen LogP contribution in [0.4, 0.5) is 5.69 Å². The van der Waals surface area contributed by atoms with Gasteiger partial charge in [0.05, 0.1) is 10.6 Å². The van der Waals surface area contributed by atoms with Crippen LogP contribution in [0, 0.1) is 6.92 Å². The quantitative estimate of drug-likeness (QED) is 0.322. The first-order valence-electron chi connectivity index (χ1n) is 14.5. The van der Waals surface area contributed by atoms with E-state index in [1.54, 1.807) is 37.3 Å². The van der Waals surface area contributed by atoms with E-state index in [1.807, 2.05) is 50.2 Å².